The van der Waals surface area contributed by atoms with Crippen LogP contribution in [0, 0.1) is 6.92 Å². The molecule has 18 heavy (non-hydrogen) atoms. The van der Waals surface area contributed by atoms with Crippen molar-refractivity contribution in [3.05, 3.63) is 35.4 Å². The molecule has 0 aliphatic heterocycles. The molecule has 0 spiro atoms. The lowest BCUT2D eigenvalue weighted by Gasteiger charge is -2.36. The summed E-state index contributed by atoms with van der Waals surface area (Å²) in [6, 6.07) is 9.01. The zero-order valence-electron chi connectivity index (χ0n) is 10.6. The maximum atomic E-state index is 10.8. The standard InChI is InChI=1S/C13H20N2O2S/c1-10-3-2-4-11(7-10)12-8-13(9-12)15-5-6-18(14,16)17/h2-4,7,12-13,15H,5-6,8-9H2,1H3,(H2,14,16,17). The Kier molecular flexibility index (Phi) is 4.04. The van der Waals surface area contributed by atoms with E-state index in [4.69, 9.17) is 5.14 Å². The van der Waals surface area contributed by atoms with E-state index < -0.39 is 10.0 Å². The van der Waals surface area contributed by atoms with Crippen LogP contribution < -0.4 is 10.5 Å². The maximum absolute atomic E-state index is 10.8. The molecule has 0 saturated heterocycles. The first kappa shape index (κ1) is 13.5. The van der Waals surface area contributed by atoms with Gasteiger partial charge in [-0.15, -0.1) is 0 Å². The van der Waals surface area contributed by atoms with Crippen LogP contribution in [-0.2, 0) is 10.0 Å². The second-order valence-electron chi connectivity index (χ2n) is 5.10. The summed E-state index contributed by atoms with van der Waals surface area (Å²) in [6.45, 7) is 2.55. The number of aryl methyl sites for hydroxylation is 1. The zero-order valence-corrected chi connectivity index (χ0v) is 11.4. The maximum Gasteiger partial charge on any atom is 0.210 e. The lowest BCUT2D eigenvalue weighted by atomic mass is 9.75. The first-order valence-electron chi connectivity index (χ1n) is 6.24. The van der Waals surface area contributed by atoms with Crippen molar-refractivity contribution < 1.29 is 8.42 Å². The normalized spacial score (nSPS) is 23.7. The molecule has 2 rings (SSSR count). The topological polar surface area (TPSA) is 72.2 Å². The van der Waals surface area contributed by atoms with Gasteiger partial charge in [-0.3, -0.25) is 0 Å². The van der Waals surface area contributed by atoms with E-state index in [-0.39, 0.29) is 5.75 Å². The Labute approximate surface area is 109 Å². The fourth-order valence-corrected chi connectivity index (χ4v) is 2.79. The van der Waals surface area contributed by atoms with Crippen molar-refractivity contribution in [2.45, 2.75) is 31.7 Å². The Balaban J connectivity index is 1.74. The monoisotopic (exact) mass is 268 g/mol. The van der Waals surface area contributed by atoms with Gasteiger partial charge in [-0.05, 0) is 31.2 Å². The number of benzene rings is 1. The first-order valence-corrected chi connectivity index (χ1v) is 7.96. The largest absolute Gasteiger partial charge is 0.313 e. The smallest absolute Gasteiger partial charge is 0.210 e. The number of rotatable bonds is 5. The molecule has 1 aromatic carbocycles. The van der Waals surface area contributed by atoms with Crippen LogP contribution in [0.15, 0.2) is 24.3 Å². The molecule has 100 valence electrons. The molecular formula is C13H20N2O2S. The molecule has 0 heterocycles. The van der Waals surface area contributed by atoms with Gasteiger partial charge in [0.15, 0.2) is 0 Å². The van der Waals surface area contributed by atoms with E-state index in [1.807, 2.05) is 0 Å². The van der Waals surface area contributed by atoms with Crippen molar-refractivity contribution in [3.8, 4) is 0 Å². The summed E-state index contributed by atoms with van der Waals surface area (Å²) in [5.41, 5.74) is 2.68. The van der Waals surface area contributed by atoms with Gasteiger partial charge in [0, 0.05) is 12.6 Å². The third-order valence-corrected chi connectivity index (χ3v) is 4.24. The molecule has 1 aliphatic rings. The Hall–Kier alpha value is -0.910. The summed E-state index contributed by atoms with van der Waals surface area (Å²) >= 11 is 0. The highest BCUT2D eigenvalue weighted by atomic mass is 32.2. The van der Waals surface area contributed by atoms with Crippen molar-refractivity contribution in [1.29, 1.82) is 0 Å². The number of nitrogens with two attached hydrogens (primary N) is 1. The van der Waals surface area contributed by atoms with Crippen LogP contribution in [0.5, 0.6) is 0 Å². The zero-order chi connectivity index (χ0) is 13.2. The number of hydrogen-bond donors (Lipinski definition) is 2. The summed E-state index contributed by atoms with van der Waals surface area (Å²) < 4.78 is 21.6. The van der Waals surface area contributed by atoms with Crippen LogP contribution >= 0.6 is 0 Å². The minimum Gasteiger partial charge on any atom is -0.313 e. The van der Waals surface area contributed by atoms with Crippen molar-refractivity contribution >= 4 is 10.0 Å². The second kappa shape index (κ2) is 5.38. The molecule has 0 amide bonds. The van der Waals surface area contributed by atoms with Crippen LogP contribution in [-0.4, -0.2) is 26.8 Å². The lowest BCUT2D eigenvalue weighted by Crippen LogP contribution is -2.42. The van der Waals surface area contributed by atoms with Gasteiger partial charge in [-0.2, -0.15) is 0 Å². The molecule has 1 aliphatic carbocycles. The fourth-order valence-electron chi connectivity index (χ4n) is 2.39. The van der Waals surface area contributed by atoms with E-state index in [2.05, 4.69) is 36.5 Å². The van der Waals surface area contributed by atoms with Crippen LogP contribution in [0.1, 0.15) is 29.9 Å². The molecule has 0 atom stereocenters. The molecule has 5 heteroatoms. The fraction of sp³-hybridized carbons (Fsp3) is 0.538. The quantitative estimate of drug-likeness (QED) is 0.840. The molecule has 0 radical (unpaired) electrons. The van der Waals surface area contributed by atoms with Crippen LogP contribution in [0.4, 0.5) is 0 Å². The molecule has 3 N–H and O–H groups in total. The molecule has 1 fully saturated rings. The molecule has 0 bridgehead atoms. The Bertz CT molecular complexity index is 507. The van der Waals surface area contributed by atoms with Crippen molar-refractivity contribution in [2.75, 3.05) is 12.3 Å². The molecular weight excluding hydrogens is 248 g/mol. The highest BCUT2D eigenvalue weighted by Crippen LogP contribution is 2.36. The summed E-state index contributed by atoms with van der Waals surface area (Å²) in [5, 5.41) is 8.18. The summed E-state index contributed by atoms with van der Waals surface area (Å²) in [7, 11) is -3.34. The minimum atomic E-state index is -3.34. The highest BCUT2D eigenvalue weighted by Gasteiger charge is 2.29. The lowest BCUT2D eigenvalue weighted by molar-refractivity contribution is 0.296. The van der Waals surface area contributed by atoms with Crippen molar-refractivity contribution in [1.82, 2.24) is 5.32 Å². The average molecular weight is 268 g/mol. The van der Waals surface area contributed by atoms with Gasteiger partial charge < -0.3 is 5.32 Å². The molecule has 1 aromatic rings. The van der Waals surface area contributed by atoms with Gasteiger partial charge in [0.1, 0.15) is 0 Å². The van der Waals surface area contributed by atoms with Gasteiger partial charge in [-0.25, -0.2) is 13.6 Å². The van der Waals surface area contributed by atoms with E-state index in [1.165, 1.54) is 11.1 Å². The Morgan fingerprint density at radius 2 is 2.11 bits per heavy atom. The van der Waals surface area contributed by atoms with Crippen LogP contribution in [0.3, 0.4) is 0 Å². The van der Waals surface area contributed by atoms with E-state index in [9.17, 15) is 8.42 Å². The van der Waals surface area contributed by atoms with Crippen LogP contribution in [0.2, 0.25) is 0 Å². The Morgan fingerprint density at radius 1 is 1.39 bits per heavy atom. The van der Waals surface area contributed by atoms with Gasteiger partial charge in [0.25, 0.3) is 0 Å². The van der Waals surface area contributed by atoms with Gasteiger partial charge >= 0.3 is 0 Å². The molecule has 1 saturated carbocycles. The summed E-state index contributed by atoms with van der Waals surface area (Å²) in [4.78, 5) is 0. The third-order valence-electron chi connectivity index (χ3n) is 3.47. The summed E-state index contributed by atoms with van der Waals surface area (Å²) in [5.74, 6) is 0.621. The average Bonchev–Trinajstić information content (AvgIpc) is 2.19. The predicted octanol–water partition coefficient (Wildman–Crippen LogP) is 1.12. The number of nitrogens with one attached hydrogen (secondary N) is 1. The third kappa shape index (κ3) is 3.80. The van der Waals surface area contributed by atoms with Crippen LogP contribution in [0.25, 0.3) is 0 Å². The number of hydrogen-bond acceptors (Lipinski definition) is 3. The molecule has 0 unspecified atom stereocenters. The van der Waals surface area contributed by atoms with Gasteiger partial charge in [-0.1, -0.05) is 29.8 Å². The number of sulfonamides is 1. The van der Waals surface area contributed by atoms with Crippen molar-refractivity contribution in [3.63, 3.8) is 0 Å². The van der Waals surface area contributed by atoms with E-state index in [0.717, 1.165) is 12.8 Å². The van der Waals surface area contributed by atoms with Crippen molar-refractivity contribution in [2.24, 2.45) is 5.14 Å². The molecule has 4 nitrogen and oxygen atoms in total. The highest BCUT2D eigenvalue weighted by molar-refractivity contribution is 7.89. The first-order chi connectivity index (χ1) is 8.44. The predicted molar refractivity (Wildman–Crippen MR) is 72.9 cm³/mol. The SMILES string of the molecule is Cc1cccc(C2CC(NCCS(N)(=O)=O)C2)c1. The van der Waals surface area contributed by atoms with E-state index in [1.54, 1.807) is 0 Å². The van der Waals surface area contributed by atoms with E-state index in [0.29, 0.717) is 18.5 Å². The second-order valence-corrected chi connectivity index (χ2v) is 6.83. The molecule has 0 aromatic heterocycles. The van der Waals surface area contributed by atoms with E-state index >= 15 is 0 Å². The number of primary sulfonamides is 1. The summed E-state index contributed by atoms with van der Waals surface area (Å²) in [6.07, 6.45) is 2.15. The minimum absolute atomic E-state index is 0.0125. The van der Waals surface area contributed by atoms with Gasteiger partial charge in [0.2, 0.25) is 10.0 Å². The van der Waals surface area contributed by atoms with Gasteiger partial charge in [0.05, 0.1) is 5.75 Å². The Morgan fingerprint density at radius 3 is 2.72 bits per heavy atom.